The van der Waals surface area contributed by atoms with Crippen LogP contribution in [0.2, 0.25) is 0 Å². The smallest absolute Gasteiger partial charge is 0.417 e. The number of hydrogen-bond acceptors (Lipinski definition) is 7. The minimum absolute atomic E-state index is 0.0377. The van der Waals surface area contributed by atoms with Crippen LogP contribution in [0, 0.1) is 18.6 Å². The summed E-state index contributed by atoms with van der Waals surface area (Å²) < 4.78 is 84.6. The summed E-state index contributed by atoms with van der Waals surface area (Å²) in [6.07, 6.45) is -3.97. The van der Waals surface area contributed by atoms with E-state index in [9.17, 15) is 27.6 Å². The highest BCUT2D eigenvalue weighted by atomic mass is 19.4. The Balaban J connectivity index is 1.51. The second-order valence-corrected chi connectivity index (χ2v) is 11.8. The molecule has 5 rings (SSSR count). The van der Waals surface area contributed by atoms with Crippen LogP contribution in [0.4, 0.5) is 27.6 Å². The highest BCUT2D eigenvalue weighted by Gasteiger charge is 2.37. The molecule has 48 heavy (non-hydrogen) atoms. The molecule has 1 aliphatic rings. The van der Waals surface area contributed by atoms with Crippen molar-refractivity contribution in [2.24, 2.45) is 7.05 Å². The number of nitrogens with one attached hydrogen (secondary N) is 1. The first-order valence-electron chi connectivity index (χ1n) is 15.0. The van der Waals surface area contributed by atoms with Gasteiger partial charge in [-0.2, -0.15) is 13.2 Å². The number of anilines is 1. The summed E-state index contributed by atoms with van der Waals surface area (Å²) in [6.45, 7) is 5.79. The van der Waals surface area contributed by atoms with Gasteiger partial charge in [-0.05, 0) is 50.6 Å². The number of carbonyl (C=O) groups excluding carboxylic acids is 2. The van der Waals surface area contributed by atoms with Gasteiger partial charge in [-0.25, -0.2) is 13.6 Å². The number of esters is 1. The Bertz CT molecular complexity index is 1940. The molecule has 1 saturated heterocycles. The van der Waals surface area contributed by atoms with Crippen LogP contribution in [-0.2, 0) is 33.9 Å². The molecule has 2 aromatic carbocycles. The second-order valence-electron chi connectivity index (χ2n) is 11.8. The van der Waals surface area contributed by atoms with Gasteiger partial charge in [0.1, 0.15) is 23.2 Å². The van der Waals surface area contributed by atoms with Crippen molar-refractivity contribution in [1.29, 1.82) is 0 Å². The third-order valence-electron chi connectivity index (χ3n) is 8.51. The molecular weight excluding hydrogens is 639 g/mol. The van der Waals surface area contributed by atoms with E-state index in [1.54, 1.807) is 4.90 Å². The van der Waals surface area contributed by atoms with Gasteiger partial charge in [-0.15, -0.1) is 0 Å². The SMILES string of the molecule is COC(=O)[C@H](Cc1ccc(-c2c(C(F)(F)F)cc(C)n(C)c2=O)c2ncccc12)NC(=O)c1c(F)cc(N2C[C@H](C)OC[C@H]2C)cc1F. The Morgan fingerprint density at radius 3 is 2.46 bits per heavy atom. The maximum Gasteiger partial charge on any atom is 0.417 e. The number of pyridine rings is 2. The fraction of sp³-hybridized carbons (Fsp3) is 0.353. The maximum absolute atomic E-state index is 15.3. The van der Waals surface area contributed by atoms with Crippen molar-refractivity contribution >= 4 is 28.5 Å². The standard InChI is InChI=1S/C34H33F5N4O5/c1-17-11-24(34(37,38)39)28(32(45)42(17)4)23-9-8-20(22-7-6-10-40-30(22)23)12-27(33(46)47-5)41-31(44)29-25(35)13-21(14-26(29)36)43-15-19(3)48-16-18(43)2/h6-11,13-14,18-19,27H,12,15-16H2,1-5H3,(H,41,44)/t18-,19+,27+/m1/s1. The van der Waals surface area contributed by atoms with Crippen molar-refractivity contribution < 1.29 is 41.0 Å². The first-order chi connectivity index (χ1) is 22.6. The Kier molecular flexibility index (Phi) is 9.58. The summed E-state index contributed by atoms with van der Waals surface area (Å²) in [5.74, 6) is -4.44. The van der Waals surface area contributed by atoms with Crippen molar-refractivity contribution in [2.75, 3.05) is 25.2 Å². The third-order valence-corrected chi connectivity index (χ3v) is 8.51. The fourth-order valence-corrected chi connectivity index (χ4v) is 5.91. The van der Waals surface area contributed by atoms with Gasteiger partial charge in [0.05, 0.1) is 36.5 Å². The maximum atomic E-state index is 15.3. The van der Waals surface area contributed by atoms with E-state index in [1.165, 1.54) is 44.4 Å². The molecule has 1 aliphatic heterocycles. The third kappa shape index (κ3) is 6.61. The van der Waals surface area contributed by atoms with E-state index >= 15 is 8.78 Å². The summed E-state index contributed by atoms with van der Waals surface area (Å²) in [5.41, 5.74) is -2.90. The molecule has 254 valence electrons. The number of morpholine rings is 1. The summed E-state index contributed by atoms with van der Waals surface area (Å²) in [6, 6.07) is 7.08. The van der Waals surface area contributed by atoms with Gasteiger partial charge in [-0.1, -0.05) is 18.2 Å². The van der Waals surface area contributed by atoms with E-state index < -0.39 is 58.0 Å². The number of carbonyl (C=O) groups is 2. The summed E-state index contributed by atoms with van der Waals surface area (Å²) in [4.78, 5) is 45.3. The first-order valence-corrected chi connectivity index (χ1v) is 15.0. The van der Waals surface area contributed by atoms with Gasteiger partial charge in [0.2, 0.25) is 0 Å². The number of aryl methyl sites for hydroxylation is 1. The lowest BCUT2D eigenvalue weighted by Crippen LogP contribution is -2.47. The highest BCUT2D eigenvalue weighted by molar-refractivity contribution is 5.99. The lowest BCUT2D eigenvalue weighted by molar-refractivity contribution is -0.143. The number of amides is 1. The molecule has 0 spiro atoms. The number of nitrogens with zero attached hydrogens (tertiary/aromatic N) is 3. The molecule has 0 radical (unpaired) electrons. The molecule has 0 saturated carbocycles. The van der Waals surface area contributed by atoms with Gasteiger partial charge in [0.25, 0.3) is 11.5 Å². The monoisotopic (exact) mass is 672 g/mol. The Labute approximate surface area is 272 Å². The van der Waals surface area contributed by atoms with Gasteiger partial charge in [-0.3, -0.25) is 14.6 Å². The zero-order valence-electron chi connectivity index (χ0n) is 26.7. The van der Waals surface area contributed by atoms with Crippen molar-refractivity contribution in [1.82, 2.24) is 14.9 Å². The van der Waals surface area contributed by atoms with Crippen molar-refractivity contribution in [3.8, 4) is 11.1 Å². The lowest BCUT2D eigenvalue weighted by atomic mass is 9.93. The van der Waals surface area contributed by atoms with E-state index in [0.29, 0.717) is 18.7 Å². The van der Waals surface area contributed by atoms with E-state index in [0.717, 1.165) is 29.9 Å². The second kappa shape index (κ2) is 13.3. The van der Waals surface area contributed by atoms with Crippen LogP contribution in [-0.4, -0.2) is 59.9 Å². The predicted octanol–water partition coefficient (Wildman–Crippen LogP) is 5.33. The Hall–Kier alpha value is -4.85. The van der Waals surface area contributed by atoms with E-state index in [1.807, 2.05) is 13.8 Å². The van der Waals surface area contributed by atoms with Crippen LogP contribution >= 0.6 is 0 Å². The zero-order valence-corrected chi connectivity index (χ0v) is 26.7. The first kappa shape index (κ1) is 34.5. The summed E-state index contributed by atoms with van der Waals surface area (Å²) in [5, 5.41) is 2.62. The molecule has 0 bridgehead atoms. The molecular formula is C34H33F5N4O5. The van der Waals surface area contributed by atoms with Crippen LogP contribution in [0.15, 0.2) is 53.5 Å². The highest BCUT2D eigenvalue weighted by Crippen LogP contribution is 2.38. The van der Waals surface area contributed by atoms with Crippen LogP contribution in [0.1, 0.15) is 41.0 Å². The molecule has 0 aliphatic carbocycles. The molecule has 9 nitrogen and oxygen atoms in total. The van der Waals surface area contributed by atoms with Crippen molar-refractivity contribution in [3.05, 3.63) is 93.0 Å². The van der Waals surface area contributed by atoms with Crippen LogP contribution < -0.4 is 15.8 Å². The molecule has 0 unspecified atom stereocenters. The van der Waals surface area contributed by atoms with Crippen molar-refractivity contribution in [2.45, 2.75) is 51.6 Å². The van der Waals surface area contributed by atoms with Gasteiger partial charge in [0.15, 0.2) is 0 Å². The summed E-state index contributed by atoms with van der Waals surface area (Å²) in [7, 11) is 2.42. The number of ether oxygens (including phenoxy) is 2. The number of rotatable bonds is 7. The minimum Gasteiger partial charge on any atom is -0.467 e. The number of alkyl halides is 3. The average Bonchev–Trinajstić information content (AvgIpc) is 3.03. The molecule has 1 N–H and O–H groups in total. The minimum atomic E-state index is -4.85. The molecule has 1 fully saturated rings. The number of hydrogen-bond donors (Lipinski definition) is 1. The average molecular weight is 673 g/mol. The van der Waals surface area contributed by atoms with E-state index in [-0.39, 0.29) is 46.4 Å². The molecule has 3 heterocycles. The largest absolute Gasteiger partial charge is 0.467 e. The Morgan fingerprint density at radius 2 is 1.81 bits per heavy atom. The number of benzene rings is 2. The fourth-order valence-electron chi connectivity index (χ4n) is 5.91. The molecule has 1 amide bonds. The number of aromatic nitrogens is 2. The number of fused-ring (bicyclic) bond motifs is 1. The Morgan fingerprint density at radius 1 is 1.12 bits per heavy atom. The van der Waals surface area contributed by atoms with Gasteiger partial charge < -0.3 is 24.3 Å². The molecule has 4 aromatic rings. The normalized spacial score (nSPS) is 17.3. The quantitative estimate of drug-likeness (QED) is 0.209. The molecule has 14 heteroatoms. The van der Waals surface area contributed by atoms with Crippen molar-refractivity contribution in [3.63, 3.8) is 0 Å². The van der Waals surface area contributed by atoms with Crippen LogP contribution in [0.25, 0.3) is 22.0 Å². The number of methoxy groups -OCH3 is 1. The van der Waals surface area contributed by atoms with Crippen LogP contribution in [0.5, 0.6) is 0 Å². The zero-order chi connectivity index (χ0) is 35.1. The lowest BCUT2D eigenvalue weighted by Gasteiger charge is -2.38. The molecule has 2 aromatic heterocycles. The predicted molar refractivity (Wildman–Crippen MR) is 168 cm³/mol. The van der Waals surface area contributed by atoms with Gasteiger partial charge >= 0.3 is 12.1 Å². The number of halogens is 5. The molecule has 3 atom stereocenters. The topological polar surface area (TPSA) is 103 Å². The van der Waals surface area contributed by atoms with Crippen LogP contribution in [0.3, 0.4) is 0 Å². The van der Waals surface area contributed by atoms with E-state index in [2.05, 4.69) is 10.3 Å². The summed E-state index contributed by atoms with van der Waals surface area (Å²) >= 11 is 0. The van der Waals surface area contributed by atoms with E-state index in [4.69, 9.17) is 9.47 Å². The van der Waals surface area contributed by atoms with Gasteiger partial charge in [0, 0.05) is 54.6 Å².